The lowest BCUT2D eigenvalue weighted by Crippen LogP contribution is -2.54. The monoisotopic (exact) mass is 465 g/mol. The fourth-order valence-corrected chi connectivity index (χ4v) is 4.77. The van der Waals surface area contributed by atoms with Gasteiger partial charge in [-0.1, -0.05) is 38.1 Å². The second kappa shape index (κ2) is 9.21. The van der Waals surface area contributed by atoms with E-state index in [1.165, 1.54) is 23.4 Å². The lowest BCUT2D eigenvalue weighted by atomic mass is 9.73. The van der Waals surface area contributed by atoms with E-state index in [9.17, 15) is 23.1 Å². The number of carbonyl (C=O) groups excluding carboxylic acids is 3. The molecule has 0 fully saturated rings. The molecular weight excluding hydrogens is 442 g/mol. The van der Waals surface area contributed by atoms with Gasteiger partial charge in [0.2, 0.25) is 18.1 Å². The third kappa shape index (κ3) is 4.17. The van der Waals surface area contributed by atoms with Crippen LogP contribution in [0.2, 0.25) is 0 Å². The molecule has 0 spiro atoms. The molecule has 9 heteroatoms. The molecule has 0 radical (unpaired) electrons. The quantitative estimate of drug-likeness (QED) is 0.457. The summed E-state index contributed by atoms with van der Waals surface area (Å²) in [5.41, 5.74) is 3.44. The molecule has 170 valence electrons. The lowest BCUT2D eigenvalue weighted by Gasteiger charge is -2.37. The van der Waals surface area contributed by atoms with E-state index in [4.69, 9.17) is 0 Å². The summed E-state index contributed by atoms with van der Waals surface area (Å²) >= 11 is -2.50. The Morgan fingerprint density at radius 3 is 2.48 bits per heavy atom. The Morgan fingerprint density at radius 2 is 1.88 bits per heavy atom. The Morgan fingerprint density at radius 1 is 1.21 bits per heavy atom. The zero-order chi connectivity index (χ0) is 23.7. The number of aromatic nitrogens is 1. The molecule has 2 N–H and O–H groups in total. The van der Waals surface area contributed by atoms with Crippen LogP contribution in [0.25, 0.3) is 11.1 Å². The molecule has 0 aliphatic heterocycles. The first-order valence-corrected chi connectivity index (χ1v) is 11.6. The number of fused-ring (bicyclic) bond motifs is 3. The summed E-state index contributed by atoms with van der Waals surface area (Å²) in [6, 6.07) is 8.62. The Hall–Kier alpha value is -3.43. The van der Waals surface area contributed by atoms with Gasteiger partial charge in [0.15, 0.2) is 11.1 Å². The van der Waals surface area contributed by atoms with Crippen molar-refractivity contribution in [2.24, 2.45) is 5.92 Å². The molecule has 2 aliphatic rings. The molecule has 1 heterocycles. The van der Waals surface area contributed by atoms with Gasteiger partial charge < -0.3 is 14.8 Å². The standard InChI is InChI=1S/C24H23N3O5S/c1-14(2)11-19(27(13-28)15-7-9-25-10-8-15)24(30)26-22-21-17-6-4-3-5-16(17)18(21)12-20(23(22)29)33(31)32/h3-10,12-14,19,22H,11H2,1-2H3,(H,26,30)(H,31,32)/t19-,22?/m0/s1. The van der Waals surface area contributed by atoms with Gasteiger partial charge in [-0.2, -0.15) is 0 Å². The highest BCUT2D eigenvalue weighted by Crippen LogP contribution is 2.46. The molecule has 1 aromatic heterocycles. The molecule has 8 nitrogen and oxygen atoms in total. The molecule has 4 rings (SSSR count). The molecule has 1 aromatic carbocycles. The van der Waals surface area contributed by atoms with Crippen molar-refractivity contribution in [2.75, 3.05) is 4.90 Å². The summed E-state index contributed by atoms with van der Waals surface area (Å²) in [7, 11) is 0. The van der Waals surface area contributed by atoms with Crippen LogP contribution in [-0.4, -0.2) is 43.9 Å². The van der Waals surface area contributed by atoms with Crippen molar-refractivity contribution in [1.29, 1.82) is 0 Å². The van der Waals surface area contributed by atoms with E-state index >= 15 is 0 Å². The average molecular weight is 466 g/mol. The van der Waals surface area contributed by atoms with Crippen LogP contribution < -0.4 is 10.2 Å². The number of hydrogen-bond acceptors (Lipinski definition) is 5. The number of hydrogen-bond donors (Lipinski definition) is 2. The maximum absolute atomic E-state index is 13.5. The van der Waals surface area contributed by atoms with Gasteiger partial charge >= 0.3 is 0 Å². The van der Waals surface area contributed by atoms with Crippen molar-refractivity contribution in [2.45, 2.75) is 32.4 Å². The minimum absolute atomic E-state index is 0.0757. The summed E-state index contributed by atoms with van der Waals surface area (Å²) in [5, 5.41) is 2.77. The third-order valence-corrected chi connectivity index (χ3v) is 6.44. The van der Waals surface area contributed by atoms with Crippen molar-refractivity contribution in [3.8, 4) is 0 Å². The number of allylic oxidation sites excluding steroid dienone is 2. The number of nitrogens with one attached hydrogen (secondary N) is 1. The van der Waals surface area contributed by atoms with E-state index in [0.29, 0.717) is 29.7 Å². The molecule has 2 aromatic rings. The fourth-order valence-electron chi connectivity index (χ4n) is 4.26. The number of anilines is 1. The predicted octanol–water partition coefficient (Wildman–Crippen LogP) is 2.56. The molecule has 33 heavy (non-hydrogen) atoms. The molecule has 2 amide bonds. The number of carbonyl (C=O) groups is 3. The second-order valence-electron chi connectivity index (χ2n) is 8.30. The number of benzene rings is 1. The molecule has 0 bridgehead atoms. The summed E-state index contributed by atoms with van der Waals surface area (Å²) in [6.45, 7) is 3.86. The van der Waals surface area contributed by atoms with Crippen LogP contribution in [-0.2, 0) is 25.5 Å². The molecule has 3 atom stereocenters. The summed E-state index contributed by atoms with van der Waals surface area (Å²) in [6.07, 6.45) is 5.40. The van der Waals surface area contributed by atoms with Gasteiger partial charge in [0, 0.05) is 18.1 Å². The van der Waals surface area contributed by atoms with Crippen molar-refractivity contribution in [3.05, 3.63) is 70.9 Å². The lowest BCUT2D eigenvalue weighted by molar-refractivity contribution is -0.127. The number of ketones is 1. The van der Waals surface area contributed by atoms with Crippen LogP contribution in [0.3, 0.4) is 0 Å². The summed E-state index contributed by atoms with van der Waals surface area (Å²) in [4.78, 5) is 43.6. The zero-order valence-electron chi connectivity index (χ0n) is 18.1. The SMILES string of the molecule is CC(C)C[C@@H](C(=O)NC1C(=O)C(S(=O)O)=CC2=C1c1ccccc12)N(C=O)c1ccncc1. The Labute approximate surface area is 193 Å². The first-order valence-electron chi connectivity index (χ1n) is 10.5. The third-order valence-electron chi connectivity index (χ3n) is 5.75. The molecule has 0 saturated heterocycles. The van der Waals surface area contributed by atoms with Crippen molar-refractivity contribution in [3.63, 3.8) is 0 Å². The summed E-state index contributed by atoms with van der Waals surface area (Å²) < 4.78 is 21.5. The van der Waals surface area contributed by atoms with Crippen LogP contribution in [0.4, 0.5) is 5.69 Å². The zero-order valence-corrected chi connectivity index (χ0v) is 18.9. The number of Topliss-reactive ketones (excluding diaryl/α,β-unsaturated/α-hetero) is 1. The maximum atomic E-state index is 13.5. The van der Waals surface area contributed by atoms with Crippen molar-refractivity contribution >= 4 is 46.0 Å². The van der Waals surface area contributed by atoms with E-state index in [0.717, 1.165) is 11.1 Å². The Balaban J connectivity index is 1.69. The highest BCUT2D eigenvalue weighted by Gasteiger charge is 2.42. The smallest absolute Gasteiger partial charge is 0.244 e. The van der Waals surface area contributed by atoms with E-state index < -0.39 is 34.9 Å². The number of rotatable bonds is 8. The Bertz CT molecular complexity index is 1210. The molecule has 2 aliphatic carbocycles. The highest BCUT2D eigenvalue weighted by molar-refractivity contribution is 7.84. The number of amides is 2. The normalized spacial score (nSPS) is 18.5. The molecule has 0 saturated carbocycles. The molecule has 2 unspecified atom stereocenters. The number of pyridine rings is 1. The minimum atomic E-state index is -2.50. The van der Waals surface area contributed by atoms with Gasteiger partial charge in [-0.15, -0.1) is 0 Å². The van der Waals surface area contributed by atoms with E-state index in [-0.39, 0.29) is 10.8 Å². The van der Waals surface area contributed by atoms with Gasteiger partial charge in [-0.25, -0.2) is 4.21 Å². The largest absolute Gasteiger partial charge is 0.340 e. The van der Waals surface area contributed by atoms with Gasteiger partial charge in [0.25, 0.3) is 0 Å². The van der Waals surface area contributed by atoms with Crippen LogP contribution >= 0.6 is 0 Å². The van der Waals surface area contributed by atoms with Gasteiger partial charge in [0.1, 0.15) is 17.0 Å². The van der Waals surface area contributed by atoms with Crippen LogP contribution in [0.15, 0.2) is 59.8 Å². The molecular formula is C24H23N3O5S. The van der Waals surface area contributed by atoms with E-state index in [1.54, 1.807) is 12.1 Å². The van der Waals surface area contributed by atoms with Crippen molar-refractivity contribution < 1.29 is 23.1 Å². The van der Waals surface area contributed by atoms with Gasteiger partial charge in [0.05, 0.1) is 0 Å². The van der Waals surface area contributed by atoms with Crippen LogP contribution in [0, 0.1) is 5.92 Å². The maximum Gasteiger partial charge on any atom is 0.244 e. The van der Waals surface area contributed by atoms with Crippen LogP contribution in [0.1, 0.15) is 31.4 Å². The fraction of sp³-hybridized carbons (Fsp3) is 0.250. The van der Waals surface area contributed by atoms with Crippen LogP contribution in [0.5, 0.6) is 0 Å². The highest BCUT2D eigenvalue weighted by atomic mass is 32.2. The van der Waals surface area contributed by atoms with Gasteiger partial charge in [-0.05, 0) is 52.8 Å². The second-order valence-corrected chi connectivity index (χ2v) is 9.24. The van der Waals surface area contributed by atoms with E-state index in [1.807, 2.05) is 38.1 Å². The van der Waals surface area contributed by atoms with Crippen molar-refractivity contribution in [1.82, 2.24) is 10.3 Å². The number of nitrogens with zero attached hydrogens (tertiary/aromatic N) is 2. The first kappa shape index (κ1) is 22.8. The predicted molar refractivity (Wildman–Crippen MR) is 125 cm³/mol. The first-order chi connectivity index (χ1) is 15.8. The topological polar surface area (TPSA) is 117 Å². The van der Waals surface area contributed by atoms with Gasteiger partial charge in [-0.3, -0.25) is 19.4 Å². The minimum Gasteiger partial charge on any atom is -0.340 e. The Kier molecular flexibility index (Phi) is 6.35. The van der Waals surface area contributed by atoms with E-state index in [2.05, 4.69) is 10.3 Å². The summed E-state index contributed by atoms with van der Waals surface area (Å²) in [5.74, 6) is -1.08. The average Bonchev–Trinajstić information content (AvgIpc) is 2.78.